The van der Waals surface area contributed by atoms with Crippen molar-refractivity contribution in [3.05, 3.63) is 23.8 Å². The normalized spacial score (nSPS) is 19.4. The Hall–Kier alpha value is -1.18. The number of anilines is 1. The Bertz CT molecular complexity index is 309. The second-order valence-electron chi connectivity index (χ2n) is 3.48. The Morgan fingerprint density at radius 1 is 1.54 bits per heavy atom. The molecule has 1 atom stereocenters. The Labute approximate surface area is 78.9 Å². The van der Waals surface area contributed by atoms with Crippen LogP contribution in [0.25, 0.3) is 0 Å². The Balaban J connectivity index is 2.25. The van der Waals surface area contributed by atoms with E-state index in [0.29, 0.717) is 6.04 Å². The second-order valence-corrected chi connectivity index (χ2v) is 3.48. The van der Waals surface area contributed by atoms with E-state index < -0.39 is 0 Å². The molecule has 2 nitrogen and oxygen atoms in total. The maximum absolute atomic E-state index is 5.18. The summed E-state index contributed by atoms with van der Waals surface area (Å²) in [5.41, 5.74) is 2.65. The summed E-state index contributed by atoms with van der Waals surface area (Å²) in [5, 5.41) is 3.48. The average molecular weight is 177 g/mol. The zero-order valence-electron chi connectivity index (χ0n) is 8.13. The number of hydrogen-bond donors (Lipinski definition) is 1. The highest BCUT2D eigenvalue weighted by atomic mass is 16.5. The van der Waals surface area contributed by atoms with Gasteiger partial charge in [0.2, 0.25) is 0 Å². The van der Waals surface area contributed by atoms with Crippen LogP contribution in [0.3, 0.4) is 0 Å². The third kappa shape index (κ3) is 1.48. The van der Waals surface area contributed by atoms with Gasteiger partial charge in [-0.1, -0.05) is 6.92 Å². The summed E-state index contributed by atoms with van der Waals surface area (Å²) in [6.07, 6.45) is 2.31. The van der Waals surface area contributed by atoms with E-state index in [1.165, 1.54) is 17.7 Å². The molecule has 1 aromatic carbocycles. The number of rotatable bonds is 2. The van der Waals surface area contributed by atoms with Crippen LogP contribution < -0.4 is 10.1 Å². The number of benzene rings is 1. The van der Waals surface area contributed by atoms with Gasteiger partial charge in [-0.15, -0.1) is 0 Å². The number of nitrogens with one attached hydrogen (secondary N) is 1. The summed E-state index contributed by atoms with van der Waals surface area (Å²) in [7, 11) is 1.71. The van der Waals surface area contributed by atoms with Crippen LogP contribution in [0, 0.1) is 0 Å². The van der Waals surface area contributed by atoms with E-state index in [4.69, 9.17) is 4.74 Å². The molecule has 1 N–H and O–H groups in total. The second kappa shape index (κ2) is 3.29. The van der Waals surface area contributed by atoms with Crippen LogP contribution in [-0.2, 0) is 6.42 Å². The van der Waals surface area contributed by atoms with Gasteiger partial charge in [0.25, 0.3) is 0 Å². The van der Waals surface area contributed by atoms with E-state index in [9.17, 15) is 0 Å². The van der Waals surface area contributed by atoms with Crippen LogP contribution >= 0.6 is 0 Å². The minimum Gasteiger partial charge on any atom is -0.497 e. The van der Waals surface area contributed by atoms with Crippen molar-refractivity contribution >= 4 is 5.69 Å². The minimum atomic E-state index is 0.613. The SMILES string of the molecule is CCC1Cc2cc(OC)ccc2N1. The Morgan fingerprint density at radius 2 is 2.38 bits per heavy atom. The monoisotopic (exact) mass is 177 g/mol. The summed E-state index contributed by atoms with van der Waals surface area (Å²) in [6.45, 7) is 2.21. The molecule has 2 rings (SSSR count). The van der Waals surface area contributed by atoms with Gasteiger partial charge in [-0.2, -0.15) is 0 Å². The lowest BCUT2D eigenvalue weighted by molar-refractivity contribution is 0.414. The molecule has 0 saturated heterocycles. The van der Waals surface area contributed by atoms with Gasteiger partial charge in [0.15, 0.2) is 0 Å². The topological polar surface area (TPSA) is 21.3 Å². The van der Waals surface area contributed by atoms with Crippen molar-refractivity contribution in [1.82, 2.24) is 0 Å². The van der Waals surface area contributed by atoms with Gasteiger partial charge in [-0.25, -0.2) is 0 Å². The summed E-state index contributed by atoms with van der Waals surface area (Å²) < 4.78 is 5.18. The molecule has 0 aliphatic carbocycles. The smallest absolute Gasteiger partial charge is 0.119 e. The molecule has 0 radical (unpaired) electrons. The predicted molar refractivity (Wildman–Crippen MR) is 54.4 cm³/mol. The lowest BCUT2D eigenvalue weighted by atomic mass is 10.1. The van der Waals surface area contributed by atoms with Gasteiger partial charge in [-0.05, 0) is 36.6 Å². The van der Waals surface area contributed by atoms with Gasteiger partial charge in [0.05, 0.1) is 7.11 Å². The summed E-state index contributed by atoms with van der Waals surface area (Å²) in [4.78, 5) is 0. The van der Waals surface area contributed by atoms with Crippen molar-refractivity contribution < 1.29 is 4.74 Å². The first kappa shape index (κ1) is 8.42. The van der Waals surface area contributed by atoms with E-state index >= 15 is 0 Å². The Morgan fingerprint density at radius 3 is 3.08 bits per heavy atom. The van der Waals surface area contributed by atoms with Crippen LogP contribution in [0.1, 0.15) is 18.9 Å². The van der Waals surface area contributed by atoms with Crippen LogP contribution in [0.4, 0.5) is 5.69 Å². The molecule has 0 fully saturated rings. The molecule has 1 heterocycles. The average Bonchev–Trinajstić information content (AvgIpc) is 2.58. The number of ether oxygens (including phenoxy) is 1. The first-order valence-corrected chi connectivity index (χ1v) is 4.77. The molecule has 70 valence electrons. The maximum atomic E-state index is 5.18. The van der Waals surface area contributed by atoms with Crippen LogP contribution in [0.2, 0.25) is 0 Å². The number of hydrogen-bond acceptors (Lipinski definition) is 2. The van der Waals surface area contributed by atoms with Crippen molar-refractivity contribution in [2.45, 2.75) is 25.8 Å². The molecule has 1 unspecified atom stereocenters. The van der Waals surface area contributed by atoms with Crippen LogP contribution in [0.5, 0.6) is 5.75 Å². The summed E-state index contributed by atoms with van der Waals surface area (Å²) >= 11 is 0. The number of fused-ring (bicyclic) bond motifs is 1. The standard InChI is InChI=1S/C11H15NO/c1-3-9-6-8-7-10(13-2)4-5-11(8)12-9/h4-5,7,9,12H,3,6H2,1-2H3. The lowest BCUT2D eigenvalue weighted by Gasteiger charge is -2.05. The highest BCUT2D eigenvalue weighted by Crippen LogP contribution is 2.30. The third-order valence-electron chi connectivity index (χ3n) is 2.63. The highest BCUT2D eigenvalue weighted by Gasteiger charge is 2.18. The number of methoxy groups -OCH3 is 1. The quantitative estimate of drug-likeness (QED) is 0.749. The maximum Gasteiger partial charge on any atom is 0.119 e. The molecular weight excluding hydrogens is 162 g/mol. The van der Waals surface area contributed by atoms with E-state index in [-0.39, 0.29) is 0 Å². The van der Waals surface area contributed by atoms with Crippen molar-refractivity contribution in [3.8, 4) is 5.75 Å². The fourth-order valence-electron chi connectivity index (χ4n) is 1.79. The predicted octanol–water partition coefficient (Wildman–Crippen LogP) is 2.44. The molecule has 0 aromatic heterocycles. The van der Waals surface area contributed by atoms with Gasteiger partial charge >= 0.3 is 0 Å². The summed E-state index contributed by atoms with van der Waals surface area (Å²) in [5.74, 6) is 0.956. The van der Waals surface area contributed by atoms with E-state index in [1.807, 2.05) is 6.07 Å². The van der Waals surface area contributed by atoms with Gasteiger partial charge < -0.3 is 10.1 Å². The minimum absolute atomic E-state index is 0.613. The first-order chi connectivity index (χ1) is 6.33. The summed E-state index contributed by atoms with van der Waals surface area (Å²) in [6, 6.07) is 6.84. The largest absolute Gasteiger partial charge is 0.497 e. The molecular formula is C11H15NO. The van der Waals surface area contributed by atoms with Crippen molar-refractivity contribution in [1.29, 1.82) is 0 Å². The van der Waals surface area contributed by atoms with E-state index in [2.05, 4.69) is 24.4 Å². The lowest BCUT2D eigenvalue weighted by Crippen LogP contribution is -2.12. The molecule has 0 bridgehead atoms. The zero-order chi connectivity index (χ0) is 9.26. The molecule has 1 aliphatic heterocycles. The van der Waals surface area contributed by atoms with Gasteiger partial charge in [0, 0.05) is 11.7 Å². The van der Waals surface area contributed by atoms with Crippen LogP contribution in [0.15, 0.2) is 18.2 Å². The van der Waals surface area contributed by atoms with Crippen molar-refractivity contribution in [3.63, 3.8) is 0 Å². The molecule has 0 spiro atoms. The van der Waals surface area contributed by atoms with E-state index in [0.717, 1.165) is 12.2 Å². The fourth-order valence-corrected chi connectivity index (χ4v) is 1.79. The van der Waals surface area contributed by atoms with Gasteiger partial charge in [-0.3, -0.25) is 0 Å². The molecule has 2 heteroatoms. The molecule has 13 heavy (non-hydrogen) atoms. The molecule has 0 amide bonds. The van der Waals surface area contributed by atoms with E-state index in [1.54, 1.807) is 7.11 Å². The highest BCUT2D eigenvalue weighted by molar-refractivity contribution is 5.59. The molecule has 1 aromatic rings. The zero-order valence-corrected chi connectivity index (χ0v) is 8.13. The Kier molecular flexibility index (Phi) is 2.13. The molecule has 0 saturated carbocycles. The fraction of sp³-hybridized carbons (Fsp3) is 0.455. The van der Waals surface area contributed by atoms with Crippen molar-refractivity contribution in [2.75, 3.05) is 12.4 Å². The first-order valence-electron chi connectivity index (χ1n) is 4.77. The third-order valence-corrected chi connectivity index (χ3v) is 2.63. The van der Waals surface area contributed by atoms with Crippen LogP contribution in [-0.4, -0.2) is 13.2 Å². The van der Waals surface area contributed by atoms with Crippen molar-refractivity contribution in [2.24, 2.45) is 0 Å². The van der Waals surface area contributed by atoms with Gasteiger partial charge in [0.1, 0.15) is 5.75 Å². The molecule has 1 aliphatic rings.